The van der Waals surface area contributed by atoms with Crippen molar-refractivity contribution in [2.45, 2.75) is 6.42 Å². The van der Waals surface area contributed by atoms with Crippen LogP contribution < -0.4 is 16.5 Å². The molecule has 4 N–H and O–H groups in total. The highest BCUT2D eigenvalue weighted by Gasteiger charge is 2.31. The average Bonchev–Trinajstić information content (AvgIpc) is 3.36. The lowest BCUT2D eigenvalue weighted by Crippen LogP contribution is -2.47. The van der Waals surface area contributed by atoms with Crippen LogP contribution in [-0.2, 0) is 16.0 Å². The molecule has 0 spiro atoms. The van der Waals surface area contributed by atoms with Gasteiger partial charge in [0.1, 0.15) is 0 Å². The number of rotatable bonds is 4. The van der Waals surface area contributed by atoms with Crippen molar-refractivity contribution in [3.05, 3.63) is 51.5 Å². The zero-order chi connectivity index (χ0) is 24.7. The molecule has 0 unspecified atom stereocenters. The first-order valence-electron chi connectivity index (χ1n) is 10.9. The van der Waals surface area contributed by atoms with E-state index < -0.39 is 11.8 Å². The first-order chi connectivity index (χ1) is 16.8. The van der Waals surface area contributed by atoms with Gasteiger partial charge in [-0.1, -0.05) is 11.2 Å². The number of hydrazone groups is 1. The van der Waals surface area contributed by atoms with E-state index in [0.717, 1.165) is 13.1 Å². The van der Waals surface area contributed by atoms with Crippen LogP contribution in [0.15, 0.2) is 44.4 Å². The highest BCUT2D eigenvalue weighted by Crippen LogP contribution is 2.33. The van der Waals surface area contributed by atoms with Crippen LogP contribution in [0.5, 0.6) is 0 Å². The number of amides is 3. The molecule has 1 saturated heterocycles. The molecular formula is C23H22BrN7O4. The van der Waals surface area contributed by atoms with Gasteiger partial charge in [0.15, 0.2) is 17.1 Å². The number of nitrogens with zero attached hydrogens (tertiary/aromatic N) is 4. The number of likely N-dealkylation sites (N-methyl/N-ethyl adjacent to an activating group) is 1. The number of fused-ring (bicyclic) bond motifs is 2. The maximum atomic E-state index is 13.0. The number of hydrogen-bond acceptors (Lipinski definition) is 8. The Morgan fingerprint density at radius 3 is 2.77 bits per heavy atom. The number of nitrogen functional groups attached to an aromatic ring is 1. The summed E-state index contributed by atoms with van der Waals surface area (Å²) in [7, 11) is 2.02. The monoisotopic (exact) mass is 539 g/mol. The summed E-state index contributed by atoms with van der Waals surface area (Å²) in [6.07, 6.45) is 0.0193. The normalized spacial score (nSPS) is 17.0. The van der Waals surface area contributed by atoms with Gasteiger partial charge in [0.25, 0.3) is 11.8 Å². The van der Waals surface area contributed by atoms with E-state index in [1.54, 1.807) is 35.2 Å². The third-order valence-electron chi connectivity index (χ3n) is 6.05. The summed E-state index contributed by atoms with van der Waals surface area (Å²) in [5.41, 5.74) is 10.9. The van der Waals surface area contributed by atoms with E-state index in [1.807, 2.05) is 7.05 Å². The maximum Gasteiger partial charge on any atom is 0.276 e. The molecule has 12 heteroatoms. The molecule has 0 radical (unpaired) electrons. The summed E-state index contributed by atoms with van der Waals surface area (Å²) in [5, 5.41) is 11.1. The van der Waals surface area contributed by atoms with Crippen molar-refractivity contribution in [2.75, 3.05) is 44.3 Å². The van der Waals surface area contributed by atoms with Gasteiger partial charge in [-0.3, -0.25) is 14.4 Å². The average molecular weight is 540 g/mol. The fourth-order valence-corrected chi connectivity index (χ4v) is 4.77. The largest absolute Gasteiger partial charge is 0.380 e. The van der Waals surface area contributed by atoms with Crippen molar-refractivity contribution in [1.29, 1.82) is 0 Å². The van der Waals surface area contributed by atoms with Gasteiger partial charge in [-0.05, 0) is 52.8 Å². The first kappa shape index (κ1) is 23.0. The van der Waals surface area contributed by atoms with E-state index >= 15 is 0 Å². The predicted octanol–water partition coefficient (Wildman–Crippen LogP) is 1.58. The lowest BCUT2D eigenvalue weighted by Gasteiger charge is -2.32. The van der Waals surface area contributed by atoms with E-state index in [9.17, 15) is 14.4 Å². The number of piperazine rings is 1. The minimum Gasteiger partial charge on any atom is -0.380 e. The Morgan fingerprint density at radius 2 is 2.00 bits per heavy atom. The molecule has 5 rings (SSSR count). The molecule has 3 amide bonds. The molecular weight excluding hydrogens is 518 g/mol. The van der Waals surface area contributed by atoms with Crippen molar-refractivity contribution in [2.24, 2.45) is 5.10 Å². The number of halogens is 1. The van der Waals surface area contributed by atoms with Gasteiger partial charge in [-0.25, -0.2) is 5.43 Å². The topological polar surface area (TPSA) is 146 Å². The van der Waals surface area contributed by atoms with Crippen molar-refractivity contribution >= 4 is 61.8 Å². The van der Waals surface area contributed by atoms with Crippen molar-refractivity contribution < 1.29 is 18.9 Å². The summed E-state index contributed by atoms with van der Waals surface area (Å²) in [6, 6.07) is 8.46. The molecule has 0 bridgehead atoms. The summed E-state index contributed by atoms with van der Waals surface area (Å²) >= 11 is 3.46. The molecule has 3 aromatic rings. The molecule has 1 aromatic heterocycles. The van der Waals surface area contributed by atoms with Crippen molar-refractivity contribution in [3.63, 3.8) is 0 Å². The molecule has 0 atom stereocenters. The van der Waals surface area contributed by atoms with Crippen LogP contribution in [0.2, 0.25) is 0 Å². The highest BCUT2D eigenvalue weighted by atomic mass is 79.9. The van der Waals surface area contributed by atoms with E-state index in [0.29, 0.717) is 50.9 Å². The molecule has 0 saturated carbocycles. The summed E-state index contributed by atoms with van der Waals surface area (Å²) in [4.78, 5) is 42.0. The van der Waals surface area contributed by atoms with E-state index in [1.165, 1.54) is 0 Å². The van der Waals surface area contributed by atoms with Crippen LogP contribution in [0.4, 0.5) is 11.5 Å². The van der Waals surface area contributed by atoms with Gasteiger partial charge in [0.2, 0.25) is 5.91 Å². The smallest absolute Gasteiger partial charge is 0.276 e. The molecule has 2 aliphatic rings. The number of carbonyl (C=O) groups is 3. The van der Waals surface area contributed by atoms with Crippen molar-refractivity contribution in [1.82, 2.24) is 20.4 Å². The van der Waals surface area contributed by atoms with Gasteiger partial charge < -0.3 is 25.4 Å². The predicted molar refractivity (Wildman–Crippen MR) is 133 cm³/mol. The van der Waals surface area contributed by atoms with Gasteiger partial charge in [0.05, 0.1) is 17.5 Å². The van der Waals surface area contributed by atoms with Crippen molar-refractivity contribution in [3.8, 4) is 0 Å². The highest BCUT2D eigenvalue weighted by molar-refractivity contribution is 9.10. The third-order valence-corrected chi connectivity index (χ3v) is 6.67. The lowest BCUT2D eigenvalue weighted by atomic mass is 10.1. The summed E-state index contributed by atoms with van der Waals surface area (Å²) < 4.78 is 5.60. The number of anilines is 2. The second kappa shape index (κ2) is 9.12. The van der Waals surface area contributed by atoms with Crippen LogP contribution in [-0.4, -0.2) is 71.6 Å². The van der Waals surface area contributed by atoms with E-state index in [4.69, 9.17) is 10.3 Å². The molecule has 11 nitrogen and oxygen atoms in total. The minimum atomic E-state index is -0.469. The van der Waals surface area contributed by atoms with Crippen LogP contribution in [0.3, 0.4) is 0 Å². The van der Waals surface area contributed by atoms with E-state index in [-0.39, 0.29) is 23.9 Å². The fourth-order valence-electron chi connectivity index (χ4n) is 4.12. The van der Waals surface area contributed by atoms with E-state index in [2.05, 4.69) is 41.8 Å². The van der Waals surface area contributed by atoms with Gasteiger partial charge >= 0.3 is 0 Å². The zero-order valence-corrected chi connectivity index (χ0v) is 20.4. The standard InChI is InChI=1S/C23H22BrN7O4/c1-30-4-6-31(7-5-30)23(34)13-10-15(24)19-16(11-13)26-22(33)20(19)28-27-18(32)9-12-2-3-17-14(8-12)21(25)29-35-17/h2-3,8,10-11H,4-7,9H2,1H3,(H2,25,29)(H,27,32)(H,26,28,33). The third kappa shape index (κ3) is 4.49. The van der Waals surface area contributed by atoms with Gasteiger partial charge in [-0.15, -0.1) is 0 Å². The number of nitrogens with two attached hydrogens (primary N) is 1. The summed E-state index contributed by atoms with van der Waals surface area (Å²) in [6.45, 7) is 2.91. The number of nitrogens with one attached hydrogen (secondary N) is 2. The Hall–Kier alpha value is -3.77. The molecule has 180 valence electrons. The Balaban J connectivity index is 1.32. The number of aromatic nitrogens is 1. The molecule has 2 aromatic carbocycles. The molecule has 0 aliphatic carbocycles. The second-order valence-corrected chi connectivity index (χ2v) is 9.36. The number of carbonyl (C=O) groups excluding carboxylic acids is 3. The Morgan fingerprint density at radius 1 is 1.23 bits per heavy atom. The van der Waals surface area contributed by atoms with Crippen LogP contribution in [0, 0.1) is 0 Å². The molecule has 3 heterocycles. The Labute approximate surface area is 208 Å². The zero-order valence-electron chi connectivity index (χ0n) is 18.8. The minimum absolute atomic E-state index is 0.0193. The quantitative estimate of drug-likeness (QED) is 0.426. The second-order valence-electron chi connectivity index (χ2n) is 8.50. The van der Waals surface area contributed by atoms with Crippen LogP contribution in [0.1, 0.15) is 21.5 Å². The molecule has 35 heavy (non-hydrogen) atoms. The number of hydrogen-bond donors (Lipinski definition) is 3. The molecule has 1 fully saturated rings. The number of benzene rings is 2. The fraction of sp³-hybridized carbons (Fsp3) is 0.261. The molecule has 2 aliphatic heterocycles. The lowest BCUT2D eigenvalue weighted by molar-refractivity contribution is -0.120. The first-order valence-corrected chi connectivity index (χ1v) is 11.7. The van der Waals surface area contributed by atoms with Crippen LogP contribution in [0.25, 0.3) is 11.0 Å². The summed E-state index contributed by atoms with van der Waals surface area (Å²) in [5.74, 6) is -0.730. The Kier molecular flexibility index (Phi) is 5.99. The maximum absolute atomic E-state index is 13.0. The van der Waals surface area contributed by atoms with Crippen LogP contribution >= 0.6 is 15.9 Å². The van der Waals surface area contributed by atoms with Gasteiger partial charge in [0, 0.05) is 41.8 Å². The SMILES string of the molecule is CN1CCN(C(=O)c2cc(Br)c3c(c2)NC(=O)/C3=N\NC(=O)Cc2ccc3onc(N)c3c2)CC1. The van der Waals surface area contributed by atoms with Gasteiger partial charge in [-0.2, -0.15) is 5.10 Å². The Bertz CT molecular complexity index is 1390.